The monoisotopic (exact) mass is 245 g/mol. The number of rotatable bonds is 6. The van der Waals surface area contributed by atoms with E-state index in [0.717, 1.165) is 37.7 Å². The number of pyridine rings is 1. The Hall–Kier alpha value is -1.75. The van der Waals surface area contributed by atoms with E-state index in [9.17, 15) is 0 Å². The molecule has 2 aromatic heterocycles. The van der Waals surface area contributed by atoms with E-state index in [-0.39, 0.29) is 0 Å². The van der Waals surface area contributed by atoms with E-state index in [2.05, 4.69) is 38.9 Å². The third kappa shape index (κ3) is 3.37. The van der Waals surface area contributed by atoms with Crippen molar-refractivity contribution in [2.45, 2.75) is 33.4 Å². The topological polar surface area (TPSA) is 57.7 Å². The quantitative estimate of drug-likeness (QED) is 0.843. The first-order valence-corrected chi connectivity index (χ1v) is 6.33. The number of aryl methyl sites for hydroxylation is 1. The van der Waals surface area contributed by atoms with Crippen LogP contribution in [0.2, 0.25) is 0 Å². The standard InChI is InChI=1S/C13H19N5/c1-3-12-15-13(17-16-12)10-18(4-2)9-11-5-7-14-8-6-11/h5-8H,3-4,9-10H2,1-2H3,(H,15,16,17). The largest absolute Gasteiger partial charge is 0.292 e. The molecule has 2 heterocycles. The van der Waals surface area contributed by atoms with Gasteiger partial charge in [-0.15, -0.1) is 0 Å². The Kier molecular flexibility index (Phi) is 4.41. The fraction of sp³-hybridized carbons (Fsp3) is 0.462. The Labute approximate surface area is 107 Å². The van der Waals surface area contributed by atoms with E-state index in [4.69, 9.17) is 0 Å². The highest BCUT2D eigenvalue weighted by atomic mass is 15.2. The molecule has 0 bridgehead atoms. The lowest BCUT2D eigenvalue weighted by Gasteiger charge is -2.18. The van der Waals surface area contributed by atoms with Gasteiger partial charge in [-0.25, -0.2) is 4.98 Å². The molecular weight excluding hydrogens is 226 g/mol. The van der Waals surface area contributed by atoms with Crippen LogP contribution in [0.4, 0.5) is 0 Å². The summed E-state index contributed by atoms with van der Waals surface area (Å²) in [4.78, 5) is 10.8. The highest BCUT2D eigenvalue weighted by Crippen LogP contribution is 2.06. The van der Waals surface area contributed by atoms with Crippen LogP contribution in [-0.2, 0) is 19.5 Å². The van der Waals surface area contributed by atoms with Gasteiger partial charge >= 0.3 is 0 Å². The first-order chi connectivity index (χ1) is 8.81. The molecule has 0 spiro atoms. The van der Waals surface area contributed by atoms with Gasteiger partial charge in [0.1, 0.15) is 11.6 Å². The van der Waals surface area contributed by atoms with Gasteiger partial charge in [-0.05, 0) is 24.2 Å². The van der Waals surface area contributed by atoms with Crippen molar-refractivity contribution in [1.29, 1.82) is 0 Å². The average molecular weight is 245 g/mol. The predicted octanol–water partition coefficient (Wildman–Crippen LogP) is 1.78. The van der Waals surface area contributed by atoms with Crippen LogP contribution in [0.1, 0.15) is 31.1 Å². The van der Waals surface area contributed by atoms with Crippen molar-refractivity contribution in [3.63, 3.8) is 0 Å². The van der Waals surface area contributed by atoms with Gasteiger partial charge in [-0.3, -0.25) is 15.0 Å². The minimum Gasteiger partial charge on any atom is -0.292 e. The highest BCUT2D eigenvalue weighted by molar-refractivity contribution is 5.09. The molecule has 96 valence electrons. The second kappa shape index (κ2) is 6.26. The van der Waals surface area contributed by atoms with E-state index in [0.29, 0.717) is 0 Å². The third-order valence-electron chi connectivity index (χ3n) is 2.87. The maximum Gasteiger partial charge on any atom is 0.150 e. The molecular formula is C13H19N5. The lowest BCUT2D eigenvalue weighted by Crippen LogP contribution is -2.23. The SMILES string of the molecule is CCc1n[nH]c(CN(CC)Cc2ccncc2)n1. The zero-order valence-corrected chi connectivity index (χ0v) is 10.9. The molecule has 0 radical (unpaired) electrons. The zero-order valence-electron chi connectivity index (χ0n) is 10.9. The summed E-state index contributed by atoms with van der Waals surface area (Å²) >= 11 is 0. The van der Waals surface area contributed by atoms with Crippen molar-refractivity contribution in [2.24, 2.45) is 0 Å². The Bertz CT molecular complexity index is 465. The van der Waals surface area contributed by atoms with Crippen LogP contribution in [0, 0.1) is 0 Å². The van der Waals surface area contributed by atoms with Gasteiger partial charge in [0.25, 0.3) is 0 Å². The van der Waals surface area contributed by atoms with Gasteiger partial charge in [0.2, 0.25) is 0 Å². The molecule has 0 atom stereocenters. The van der Waals surface area contributed by atoms with Crippen molar-refractivity contribution in [3.05, 3.63) is 41.7 Å². The number of nitrogens with one attached hydrogen (secondary N) is 1. The van der Waals surface area contributed by atoms with E-state index < -0.39 is 0 Å². The second-order valence-electron chi connectivity index (χ2n) is 4.21. The van der Waals surface area contributed by atoms with Crippen LogP contribution in [0.5, 0.6) is 0 Å². The molecule has 18 heavy (non-hydrogen) atoms. The summed E-state index contributed by atoms with van der Waals surface area (Å²) in [5.41, 5.74) is 1.27. The van der Waals surface area contributed by atoms with Crippen molar-refractivity contribution in [1.82, 2.24) is 25.1 Å². The van der Waals surface area contributed by atoms with Crippen molar-refractivity contribution in [3.8, 4) is 0 Å². The Balaban J connectivity index is 1.97. The van der Waals surface area contributed by atoms with Crippen LogP contribution in [-0.4, -0.2) is 31.6 Å². The number of H-pyrrole nitrogens is 1. The number of aromatic nitrogens is 4. The lowest BCUT2D eigenvalue weighted by molar-refractivity contribution is 0.264. The maximum atomic E-state index is 4.44. The fourth-order valence-corrected chi connectivity index (χ4v) is 1.80. The van der Waals surface area contributed by atoms with E-state index in [1.165, 1.54) is 5.56 Å². The average Bonchev–Trinajstić information content (AvgIpc) is 2.87. The van der Waals surface area contributed by atoms with Gasteiger partial charge in [-0.2, -0.15) is 5.10 Å². The molecule has 2 rings (SSSR count). The van der Waals surface area contributed by atoms with Crippen LogP contribution in [0.15, 0.2) is 24.5 Å². The lowest BCUT2D eigenvalue weighted by atomic mass is 10.2. The normalized spacial score (nSPS) is 11.1. The summed E-state index contributed by atoms with van der Waals surface area (Å²) in [5, 5.41) is 7.15. The molecule has 5 heteroatoms. The molecule has 0 saturated carbocycles. The van der Waals surface area contributed by atoms with Crippen LogP contribution in [0.25, 0.3) is 0 Å². The Morgan fingerprint density at radius 1 is 1.17 bits per heavy atom. The second-order valence-corrected chi connectivity index (χ2v) is 4.21. The first-order valence-electron chi connectivity index (χ1n) is 6.33. The summed E-state index contributed by atoms with van der Waals surface area (Å²) in [5.74, 6) is 1.81. The first kappa shape index (κ1) is 12.7. The van der Waals surface area contributed by atoms with E-state index in [1.54, 1.807) is 0 Å². The summed E-state index contributed by atoms with van der Waals surface area (Å²) in [7, 11) is 0. The van der Waals surface area contributed by atoms with Crippen molar-refractivity contribution in [2.75, 3.05) is 6.54 Å². The molecule has 0 saturated heterocycles. The fourth-order valence-electron chi connectivity index (χ4n) is 1.80. The molecule has 0 aliphatic heterocycles. The molecule has 0 amide bonds. The molecule has 0 fully saturated rings. The summed E-state index contributed by atoms with van der Waals surface area (Å²) in [6, 6.07) is 4.08. The number of hydrogen-bond acceptors (Lipinski definition) is 4. The minimum atomic E-state index is 0.797. The molecule has 0 aliphatic rings. The number of nitrogens with zero attached hydrogens (tertiary/aromatic N) is 4. The molecule has 1 N–H and O–H groups in total. The predicted molar refractivity (Wildman–Crippen MR) is 69.8 cm³/mol. The smallest absolute Gasteiger partial charge is 0.150 e. The maximum absolute atomic E-state index is 4.44. The zero-order chi connectivity index (χ0) is 12.8. The van der Waals surface area contributed by atoms with E-state index in [1.807, 2.05) is 24.5 Å². The van der Waals surface area contributed by atoms with Gasteiger partial charge in [0.15, 0.2) is 0 Å². The minimum absolute atomic E-state index is 0.797. The number of hydrogen-bond donors (Lipinski definition) is 1. The Morgan fingerprint density at radius 3 is 2.56 bits per heavy atom. The van der Waals surface area contributed by atoms with Crippen LogP contribution < -0.4 is 0 Å². The highest BCUT2D eigenvalue weighted by Gasteiger charge is 2.08. The molecule has 5 nitrogen and oxygen atoms in total. The molecule has 2 aromatic rings. The molecule has 0 unspecified atom stereocenters. The van der Waals surface area contributed by atoms with Crippen LogP contribution >= 0.6 is 0 Å². The summed E-state index contributed by atoms with van der Waals surface area (Å²) in [6.45, 7) is 6.89. The summed E-state index contributed by atoms with van der Waals surface area (Å²) in [6.07, 6.45) is 4.52. The third-order valence-corrected chi connectivity index (χ3v) is 2.87. The van der Waals surface area contributed by atoms with Crippen molar-refractivity contribution >= 4 is 0 Å². The van der Waals surface area contributed by atoms with Crippen LogP contribution in [0.3, 0.4) is 0 Å². The van der Waals surface area contributed by atoms with Crippen molar-refractivity contribution < 1.29 is 0 Å². The molecule has 0 aliphatic carbocycles. The number of aromatic amines is 1. The van der Waals surface area contributed by atoms with Gasteiger partial charge in [-0.1, -0.05) is 13.8 Å². The summed E-state index contributed by atoms with van der Waals surface area (Å²) < 4.78 is 0. The van der Waals surface area contributed by atoms with Gasteiger partial charge in [0.05, 0.1) is 6.54 Å². The van der Waals surface area contributed by atoms with E-state index >= 15 is 0 Å². The Morgan fingerprint density at radius 2 is 1.94 bits per heavy atom. The molecule has 0 aromatic carbocycles. The van der Waals surface area contributed by atoms with Gasteiger partial charge < -0.3 is 0 Å². The van der Waals surface area contributed by atoms with Gasteiger partial charge in [0, 0.05) is 25.4 Å².